The van der Waals surface area contributed by atoms with Crippen LogP contribution in [0.15, 0.2) is 48.5 Å². The first kappa shape index (κ1) is 16.5. The van der Waals surface area contributed by atoms with Crippen molar-refractivity contribution in [1.29, 1.82) is 5.26 Å². The van der Waals surface area contributed by atoms with Crippen molar-refractivity contribution in [1.82, 2.24) is 0 Å². The molecule has 3 rings (SSSR count). The number of benzene rings is 2. The number of rotatable bonds is 3. The van der Waals surface area contributed by atoms with Gasteiger partial charge in [0.2, 0.25) is 0 Å². The van der Waals surface area contributed by atoms with Crippen LogP contribution in [0.5, 0.6) is 0 Å². The summed E-state index contributed by atoms with van der Waals surface area (Å²) in [5.74, 6) is -1.59. The lowest BCUT2D eigenvalue weighted by atomic mass is 10.2. The molecule has 2 aromatic carbocycles. The second-order valence-corrected chi connectivity index (χ2v) is 5.81. The second-order valence-electron chi connectivity index (χ2n) is 5.81. The molecule has 126 valence electrons. The molecule has 2 N–H and O–H groups in total. The van der Waals surface area contributed by atoms with Crippen LogP contribution >= 0.6 is 0 Å². The number of carbonyl (C=O) groups excluding carboxylic acids is 2. The summed E-state index contributed by atoms with van der Waals surface area (Å²) in [4.78, 5) is 26.4. The van der Waals surface area contributed by atoms with E-state index in [1.54, 1.807) is 36.4 Å². The maximum atomic E-state index is 12.0. The Hall–Kier alpha value is -3.33. The molecular weight excluding hydrogens is 316 g/mol. The average Bonchev–Trinajstić information content (AvgIpc) is 3.17. The minimum Gasteiger partial charge on any atom is -0.372 e. The molecule has 2 amide bonds. The Morgan fingerprint density at radius 1 is 0.920 bits per heavy atom. The fourth-order valence-electron chi connectivity index (χ4n) is 2.79. The smallest absolute Gasteiger partial charge is 0.314 e. The van der Waals surface area contributed by atoms with Gasteiger partial charge < -0.3 is 15.5 Å². The zero-order valence-corrected chi connectivity index (χ0v) is 13.7. The fraction of sp³-hybridized carbons (Fsp3) is 0.211. The summed E-state index contributed by atoms with van der Waals surface area (Å²) in [5.41, 5.74) is 2.28. The molecule has 6 heteroatoms. The van der Waals surface area contributed by atoms with Crippen molar-refractivity contribution in [3.8, 4) is 6.07 Å². The maximum absolute atomic E-state index is 12.0. The summed E-state index contributed by atoms with van der Waals surface area (Å²) in [6.45, 7) is 2.10. The van der Waals surface area contributed by atoms with Crippen molar-refractivity contribution < 1.29 is 9.59 Å². The zero-order chi connectivity index (χ0) is 17.6. The van der Waals surface area contributed by atoms with Crippen LogP contribution in [0.3, 0.4) is 0 Å². The van der Waals surface area contributed by atoms with Crippen LogP contribution in [-0.2, 0) is 9.59 Å². The normalized spacial score (nSPS) is 13.2. The van der Waals surface area contributed by atoms with Gasteiger partial charge >= 0.3 is 11.8 Å². The molecule has 1 aliphatic rings. The van der Waals surface area contributed by atoms with Gasteiger partial charge in [0.25, 0.3) is 0 Å². The van der Waals surface area contributed by atoms with Gasteiger partial charge in [0.15, 0.2) is 0 Å². The third-order valence-corrected chi connectivity index (χ3v) is 4.10. The van der Waals surface area contributed by atoms with Crippen molar-refractivity contribution in [2.75, 3.05) is 28.6 Å². The standard InChI is InChI=1S/C19H18N4O2/c20-13-14-5-1-2-6-17(14)22-19(25)18(24)21-15-7-9-16(10-8-15)23-11-3-4-12-23/h1-2,5-10H,3-4,11-12H2,(H,21,24)(H,22,25). The minimum absolute atomic E-state index is 0.304. The molecule has 1 saturated heterocycles. The van der Waals surface area contributed by atoms with Crippen molar-refractivity contribution in [2.45, 2.75) is 12.8 Å². The van der Waals surface area contributed by atoms with E-state index in [2.05, 4.69) is 15.5 Å². The van der Waals surface area contributed by atoms with Gasteiger partial charge in [0.05, 0.1) is 11.3 Å². The Balaban J connectivity index is 1.61. The topological polar surface area (TPSA) is 85.2 Å². The Labute approximate surface area is 146 Å². The maximum Gasteiger partial charge on any atom is 0.314 e. The van der Waals surface area contributed by atoms with Crippen molar-refractivity contribution >= 4 is 28.9 Å². The Morgan fingerprint density at radius 2 is 1.56 bits per heavy atom. The summed E-state index contributed by atoms with van der Waals surface area (Å²) < 4.78 is 0. The molecule has 0 aliphatic carbocycles. The van der Waals surface area contributed by atoms with E-state index in [1.165, 1.54) is 12.8 Å². The number of hydrogen-bond donors (Lipinski definition) is 2. The molecule has 1 aliphatic heterocycles. The average molecular weight is 334 g/mol. The predicted octanol–water partition coefficient (Wildman–Crippen LogP) is 2.74. The molecule has 25 heavy (non-hydrogen) atoms. The molecule has 1 fully saturated rings. The SMILES string of the molecule is N#Cc1ccccc1NC(=O)C(=O)Nc1ccc(N2CCCC2)cc1. The lowest BCUT2D eigenvalue weighted by molar-refractivity contribution is -0.133. The van der Waals surface area contributed by atoms with Gasteiger partial charge in [-0.1, -0.05) is 12.1 Å². The highest BCUT2D eigenvalue weighted by Crippen LogP contribution is 2.22. The van der Waals surface area contributed by atoms with Gasteiger partial charge in [-0.3, -0.25) is 9.59 Å². The van der Waals surface area contributed by atoms with Crippen LogP contribution < -0.4 is 15.5 Å². The van der Waals surface area contributed by atoms with Gasteiger partial charge in [0, 0.05) is 24.5 Å². The van der Waals surface area contributed by atoms with E-state index in [0.29, 0.717) is 16.9 Å². The van der Waals surface area contributed by atoms with Crippen LogP contribution in [0.2, 0.25) is 0 Å². The molecule has 0 radical (unpaired) electrons. The largest absolute Gasteiger partial charge is 0.372 e. The second kappa shape index (κ2) is 7.49. The first-order chi connectivity index (χ1) is 12.2. The Kier molecular flexibility index (Phi) is 4.95. The van der Waals surface area contributed by atoms with Gasteiger partial charge in [-0.2, -0.15) is 5.26 Å². The highest BCUT2D eigenvalue weighted by atomic mass is 16.2. The predicted molar refractivity (Wildman–Crippen MR) is 96.3 cm³/mol. The summed E-state index contributed by atoms with van der Waals surface area (Å²) in [6.07, 6.45) is 2.39. The van der Waals surface area contributed by atoms with E-state index < -0.39 is 11.8 Å². The number of nitrogens with one attached hydrogen (secondary N) is 2. The lowest BCUT2D eigenvalue weighted by Crippen LogP contribution is -2.29. The van der Waals surface area contributed by atoms with E-state index in [1.807, 2.05) is 18.2 Å². The number of amides is 2. The first-order valence-corrected chi connectivity index (χ1v) is 8.14. The number of hydrogen-bond acceptors (Lipinski definition) is 4. The Bertz CT molecular complexity index is 818. The van der Waals surface area contributed by atoms with Crippen molar-refractivity contribution in [2.24, 2.45) is 0 Å². The third kappa shape index (κ3) is 3.96. The van der Waals surface area contributed by atoms with Crippen molar-refractivity contribution in [3.63, 3.8) is 0 Å². The zero-order valence-electron chi connectivity index (χ0n) is 13.7. The molecule has 1 heterocycles. The van der Waals surface area contributed by atoms with E-state index >= 15 is 0 Å². The first-order valence-electron chi connectivity index (χ1n) is 8.14. The highest BCUT2D eigenvalue weighted by Gasteiger charge is 2.16. The van der Waals surface area contributed by atoms with E-state index in [0.717, 1.165) is 18.8 Å². The molecule has 0 aromatic heterocycles. The minimum atomic E-state index is -0.814. The highest BCUT2D eigenvalue weighted by molar-refractivity contribution is 6.43. The lowest BCUT2D eigenvalue weighted by Gasteiger charge is -2.17. The summed E-state index contributed by atoms with van der Waals surface area (Å²) >= 11 is 0. The van der Waals surface area contributed by atoms with Crippen LogP contribution in [0.4, 0.5) is 17.1 Å². The monoisotopic (exact) mass is 334 g/mol. The van der Waals surface area contributed by atoms with Crippen molar-refractivity contribution in [3.05, 3.63) is 54.1 Å². The molecule has 0 saturated carbocycles. The third-order valence-electron chi connectivity index (χ3n) is 4.10. The molecule has 0 atom stereocenters. The number of nitriles is 1. The number of carbonyl (C=O) groups is 2. The molecule has 2 aromatic rings. The number of para-hydroxylation sites is 1. The van der Waals surface area contributed by atoms with E-state index in [9.17, 15) is 9.59 Å². The summed E-state index contributed by atoms with van der Waals surface area (Å²) in [7, 11) is 0. The molecule has 0 spiro atoms. The van der Waals surface area contributed by atoms with Gasteiger partial charge in [-0.15, -0.1) is 0 Å². The number of nitrogens with zero attached hydrogens (tertiary/aromatic N) is 2. The van der Waals surface area contributed by atoms with Crippen LogP contribution in [0.25, 0.3) is 0 Å². The van der Waals surface area contributed by atoms with Crippen LogP contribution in [0, 0.1) is 11.3 Å². The quantitative estimate of drug-likeness (QED) is 0.845. The summed E-state index contributed by atoms with van der Waals surface area (Å²) in [6, 6.07) is 15.9. The van der Waals surface area contributed by atoms with Gasteiger partial charge in [-0.05, 0) is 49.2 Å². The van der Waals surface area contributed by atoms with E-state index in [4.69, 9.17) is 5.26 Å². The van der Waals surface area contributed by atoms with Gasteiger partial charge in [-0.25, -0.2) is 0 Å². The molecule has 0 bridgehead atoms. The van der Waals surface area contributed by atoms with Gasteiger partial charge in [0.1, 0.15) is 6.07 Å². The molecule has 0 unspecified atom stereocenters. The summed E-state index contributed by atoms with van der Waals surface area (Å²) in [5, 5.41) is 14.0. The number of anilines is 3. The molecule has 6 nitrogen and oxygen atoms in total. The van der Waals surface area contributed by atoms with Crippen LogP contribution in [-0.4, -0.2) is 24.9 Å². The van der Waals surface area contributed by atoms with Crippen LogP contribution in [0.1, 0.15) is 18.4 Å². The van der Waals surface area contributed by atoms with E-state index in [-0.39, 0.29) is 0 Å². The fourth-order valence-corrected chi connectivity index (χ4v) is 2.79. The Morgan fingerprint density at radius 3 is 2.24 bits per heavy atom. The molecular formula is C19H18N4O2.